The van der Waals surface area contributed by atoms with Gasteiger partial charge >= 0.3 is 19.8 Å². The maximum Gasteiger partial charge on any atom is 0.472 e. The molecule has 0 aromatic heterocycles. The molecule has 1 aliphatic carbocycles. The molecule has 0 saturated heterocycles. The predicted octanol–water partition coefficient (Wildman–Crippen LogP) is 8.61. The van der Waals surface area contributed by atoms with Crippen LogP contribution in [-0.4, -0.2) is 98.3 Å². The minimum absolute atomic E-state index is 0.0956. The van der Waals surface area contributed by atoms with E-state index >= 15 is 0 Å². The third-order valence-corrected chi connectivity index (χ3v) is 11.5. The first kappa shape index (κ1) is 55.1. The average Bonchev–Trinajstić information content (AvgIpc) is 3.21. The van der Waals surface area contributed by atoms with Gasteiger partial charge in [-0.25, -0.2) is 4.57 Å². The second-order valence-corrected chi connectivity index (χ2v) is 17.3. The summed E-state index contributed by atoms with van der Waals surface area (Å²) in [6, 6.07) is 0. The summed E-state index contributed by atoms with van der Waals surface area (Å²) in [7, 11) is -5.12. The van der Waals surface area contributed by atoms with E-state index in [1.807, 2.05) is 0 Å². The van der Waals surface area contributed by atoms with Crippen molar-refractivity contribution in [1.29, 1.82) is 0 Å². The molecular formula is C45H81O13P. The van der Waals surface area contributed by atoms with Crippen LogP contribution in [0.15, 0.2) is 36.5 Å². The summed E-state index contributed by atoms with van der Waals surface area (Å²) in [6.07, 6.45) is 26.3. The van der Waals surface area contributed by atoms with Gasteiger partial charge in [-0.3, -0.25) is 18.6 Å². The van der Waals surface area contributed by atoms with Crippen molar-refractivity contribution < 1.29 is 63.1 Å². The van der Waals surface area contributed by atoms with Crippen LogP contribution in [-0.2, 0) is 32.7 Å². The van der Waals surface area contributed by atoms with Crippen LogP contribution in [0.25, 0.3) is 0 Å². The number of aliphatic hydroxyl groups excluding tert-OH is 5. The van der Waals surface area contributed by atoms with Gasteiger partial charge in [0.2, 0.25) is 0 Å². The predicted molar refractivity (Wildman–Crippen MR) is 230 cm³/mol. The zero-order valence-electron chi connectivity index (χ0n) is 36.3. The van der Waals surface area contributed by atoms with Crippen LogP contribution in [0, 0.1) is 0 Å². The standard InChI is InChI=1S/C45H81O13P/c1-3-5-7-9-11-13-15-17-19-21-23-25-27-29-31-33-38(46)55-35-37(36-56-59(53,54)58-45-43(51)41(49)40(48)42(50)44(45)52)57-39(47)34-32-30-28-26-24-22-20-18-16-14-12-10-8-6-4-2/h5,7,11,13,17,19,37,40-45,48-52H,3-4,6,8-10,12,14-16,18,20-36H2,1-2H3,(H,53,54). The highest BCUT2D eigenvalue weighted by atomic mass is 31.2. The van der Waals surface area contributed by atoms with Crippen molar-refractivity contribution >= 4 is 19.8 Å². The van der Waals surface area contributed by atoms with E-state index in [9.17, 15) is 44.6 Å². The van der Waals surface area contributed by atoms with Gasteiger partial charge in [0.05, 0.1) is 6.61 Å². The summed E-state index contributed by atoms with van der Waals surface area (Å²) in [5, 5.41) is 50.1. The SMILES string of the molecule is CCC=CCC=CCC=CCCCCCCCC(=O)OCC(COP(=O)(O)OC1C(O)C(O)C(O)C(O)C1O)OC(=O)CCCCCCCCCCCCCCCCC. The van der Waals surface area contributed by atoms with Crippen molar-refractivity contribution in [1.82, 2.24) is 0 Å². The smallest absolute Gasteiger partial charge is 0.462 e. The zero-order valence-corrected chi connectivity index (χ0v) is 37.2. The Bertz CT molecular complexity index is 1180. The Kier molecular flexibility index (Phi) is 33.3. The number of rotatable bonds is 37. The highest BCUT2D eigenvalue weighted by molar-refractivity contribution is 7.47. The molecule has 344 valence electrons. The largest absolute Gasteiger partial charge is 0.472 e. The molecule has 0 aromatic rings. The Morgan fingerprint density at radius 2 is 0.966 bits per heavy atom. The number of hydrogen-bond acceptors (Lipinski definition) is 12. The molecule has 1 fully saturated rings. The molecule has 1 saturated carbocycles. The monoisotopic (exact) mass is 861 g/mol. The lowest BCUT2D eigenvalue weighted by Gasteiger charge is -2.41. The highest BCUT2D eigenvalue weighted by Crippen LogP contribution is 2.47. The number of phosphoric ester groups is 1. The molecule has 1 rings (SSSR count). The van der Waals surface area contributed by atoms with Crippen molar-refractivity contribution in [2.75, 3.05) is 13.2 Å². The van der Waals surface area contributed by atoms with Gasteiger partial charge in [0.25, 0.3) is 0 Å². The molecule has 0 aromatic carbocycles. The summed E-state index contributed by atoms with van der Waals surface area (Å²) in [5.74, 6) is -1.12. The number of unbranched alkanes of at least 4 members (excludes halogenated alkanes) is 19. The highest BCUT2D eigenvalue weighted by Gasteiger charge is 2.51. The summed E-state index contributed by atoms with van der Waals surface area (Å²) < 4.78 is 33.5. The maximum atomic E-state index is 12.8. The van der Waals surface area contributed by atoms with Gasteiger partial charge in [0.15, 0.2) is 6.10 Å². The van der Waals surface area contributed by atoms with Crippen molar-refractivity contribution in [3.63, 3.8) is 0 Å². The van der Waals surface area contributed by atoms with E-state index in [0.717, 1.165) is 77.0 Å². The first-order chi connectivity index (χ1) is 28.4. The number of carbonyl (C=O) groups excluding carboxylic acids is 2. The first-order valence-corrected chi connectivity index (χ1v) is 24.3. The number of hydrogen-bond donors (Lipinski definition) is 6. The Hall–Kier alpha value is -1.93. The van der Waals surface area contributed by atoms with E-state index in [1.165, 1.54) is 64.2 Å². The minimum atomic E-state index is -5.12. The van der Waals surface area contributed by atoms with Gasteiger partial charge in [-0.05, 0) is 44.9 Å². The first-order valence-electron chi connectivity index (χ1n) is 22.8. The van der Waals surface area contributed by atoms with Crippen molar-refractivity contribution in [2.24, 2.45) is 0 Å². The average molecular weight is 861 g/mol. The fourth-order valence-electron chi connectivity index (χ4n) is 6.83. The molecule has 0 spiro atoms. The Balaban J connectivity index is 2.47. The van der Waals surface area contributed by atoms with E-state index < -0.39 is 75.7 Å². The van der Waals surface area contributed by atoms with Crippen molar-refractivity contribution in [2.45, 2.75) is 224 Å². The number of aliphatic hydroxyl groups is 5. The number of ether oxygens (including phenoxy) is 2. The summed E-state index contributed by atoms with van der Waals surface area (Å²) >= 11 is 0. The van der Waals surface area contributed by atoms with Crippen LogP contribution in [0.3, 0.4) is 0 Å². The lowest BCUT2D eigenvalue weighted by atomic mass is 9.85. The molecule has 13 nitrogen and oxygen atoms in total. The molecule has 6 unspecified atom stereocenters. The normalized spacial score (nSPS) is 22.6. The van der Waals surface area contributed by atoms with E-state index in [4.69, 9.17) is 18.5 Å². The molecule has 0 radical (unpaired) electrons. The van der Waals surface area contributed by atoms with Gasteiger partial charge in [0, 0.05) is 12.8 Å². The van der Waals surface area contributed by atoms with Crippen molar-refractivity contribution in [3.05, 3.63) is 36.5 Å². The third kappa shape index (κ3) is 28.3. The second-order valence-electron chi connectivity index (χ2n) is 15.9. The van der Waals surface area contributed by atoms with E-state index in [1.54, 1.807) is 0 Å². The summed E-state index contributed by atoms with van der Waals surface area (Å²) in [5.41, 5.74) is 0. The molecule has 59 heavy (non-hydrogen) atoms. The fourth-order valence-corrected chi connectivity index (χ4v) is 7.80. The summed E-state index contributed by atoms with van der Waals surface area (Å²) in [4.78, 5) is 35.7. The van der Waals surface area contributed by atoms with Crippen LogP contribution in [0.1, 0.15) is 181 Å². The molecule has 0 heterocycles. The molecule has 1 aliphatic rings. The van der Waals surface area contributed by atoms with Crippen LogP contribution in [0.2, 0.25) is 0 Å². The lowest BCUT2D eigenvalue weighted by Crippen LogP contribution is -2.64. The van der Waals surface area contributed by atoms with Gasteiger partial charge < -0.3 is 39.9 Å². The van der Waals surface area contributed by atoms with Gasteiger partial charge in [-0.15, -0.1) is 0 Å². The molecule has 14 heteroatoms. The Morgan fingerprint density at radius 3 is 1.47 bits per heavy atom. The maximum absolute atomic E-state index is 12.8. The quantitative estimate of drug-likeness (QED) is 0.0150. The third-order valence-electron chi connectivity index (χ3n) is 10.5. The van der Waals surface area contributed by atoms with Crippen molar-refractivity contribution in [3.8, 4) is 0 Å². The lowest BCUT2D eigenvalue weighted by molar-refractivity contribution is -0.220. The molecule has 0 amide bonds. The second kappa shape index (κ2) is 35.6. The topological polar surface area (TPSA) is 210 Å². The van der Waals surface area contributed by atoms with E-state index in [2.05, 4.69) is 50.3 Å². The van der Waals surface area contributed by atoms with Gasteiger partial charge in [-0.1, -0.05) is 159 Å². The van der Waals surface area contributed by atoms with E-state index in [-0.39, 0.29) is 12.8 Å². The minimum Gasteiger partial charge on any atom is -0.462 e. The van der Waals surface area contributed by atoms with Crippen LogP contribution < -0.4 is 0 Å². The molecule has 0 aliphatic heterocycles. The van der Waals surface area contributed by atoms with Crippen LogP contribution >= 0.6 is 7.82 Å². The number of carbonyl (C=O) groups is 2. The van der Waals surface area contributed by atoms with E-state index in [0.29, 0.717) is 12.8 Å². The number of allylic oxidation sites excluding steroid dienone is 6. The summed E-state index contributed by atoms with van der Waals surface area (Å²) in [6.45, 7) is 3.17. The number of esters is 2. The zero-order chi connectivity index (χ0) is 43.6. The number of phosphoric acid groups is 1. The Labute approximate surface area is 355 Å². The fraction of sp³-hybridized carbons (Fsp3) is 0.822. The van der Waals surface area contributed by atoms with Crippen LogP contribution in [0.5, 0.6) is 0 Å². The van der Waals surface area contributed by atoms with Gasteiger partial charge in [-0.2, -0.15) is 0 Å². The molecule has 6 atom stereocenters. The molecular weight excluding hydrogens is 779 g/mol. The van der Waals surface area contributed by atoms with Gasteiger partial charge in [0.1, 0.15) is 43.2 Å². The molecule has 6 N–H and O–H groups in total. The Morgan fingerprint density at radius 1 is 0.542 bits per heavy atom. The van der Waals surface area contributed by atoms with Crippen LogP contribution in [0.4, 0.5) is 0 Å². The molecule has 0 bridgehead atoms.